The largest absolute Gasteiger partial charge is 0.287 e. The van der Waals surface area contributed by atoms with E-state index in [-0.39, 0.29) is 5.78 Å². The zero-order valence-corrected chi connectivity index (χ0v) is 9.13. The molecule has 0 bridgehead atoms. The van der Waals surface area contributed by atoms with Gasteiger partial charge in [0.05, 0.1) is 6.20 Å². The quantitative estimate of drug-likeness (QED) is 0.732. The molecule has 0 aliphatic rings. The number of benzene rings is 1. The van der Waals surface area contributed by atoms with Crippen LogP contribution >= 0.6 is 0 Å². The van der Waals surface area contributed by atoms with Crippen LogP contribution in [0, 0.1) is 0 Å². The van der Waals surface area contributed by atoms with E-state index in [1.165, 1.54) is 6.20 Å². The third kappa shape index (κ3) is 2.00. The molecule has 0 radical (unpaired) electrons. The standard InChI is InChI=1S/C12H13N3O/c1-2-8-15-11(9-13-14-15)12(16)10-6-4-3-5-7-10/h3-7,9H,2,8H2,1H3. The highest BCUT2D eigenvalue weighted by molar-refractivity contribution is 6.07. The maximum atomic E-state index is 12.1. The summed E-state index contributed by atoms with van der Waals surface area (Å²) < 4.78 is 1.65. The Kier molecular flexibility index (Phi) is 3.10. The van der Waals surface area contributed by atoms with Crippen LogP contribution in [0.1, 0.15) is 29.4 Å². The van der Waals surface area contributed by atoms with Gasteiger partial charge in [0.2, 0.25) is 5.78 Å². The Bertz CT molecular complexity index is 476. The monoisotopic (exact) mass is 215 g/mol. The summed E-state index contributed by atoms with van der Waals surface area (Å²) in [5, 5.41) is 7.68. The molecule has 4 nitrogen and oxygen atoms in total. The number of ketones is 1. The van der Waals surface area contributed by atoms with Crippen molar-refractivity contribution in [3.8, 4) is 0 Å². The highest BCUT2D eigenvalue weighted by Gasteiger charge is 2.14. The van der Waals surface area contributed by atoms with Gasteiger partial charge in [-0.1, -0.05) is 42.5 Å². The van der Waals surface area contributed by atoms with Crippen LogP contribution in [0.3, 0.4) is 0 Å². The molecule has 0 spiro atoms. The Hall–Kier alpha value is -1.97. The van der Waals surface area contributed by atoms with E-state index in [4.69, 9.17) is 0 Å². The molecule has 2 rings (SSSR count). The van der Waals surface area contributed by atoms with Crippen molar-refractivity contribution >= 4 is 5.78 Å². The minimum Gasteiger partial charge on any atom is -0.287 e. The summed E-state index contributed by atoms with van der Waals surface area (Å²) in [4.78, 5) is 12.1. The number of hydrogen-bond acceptors (Lipinski definition) is 3. The zero-order chi connectivity index (χ0) is 11.4. The van der Waals surface area contributed by atoms with Crippen molar-refractivity contribution in [3.05, 3.63) is 47.8 Å². The number of hydrogen-bond donors (Lipinski definition) is 0. The summed E-state index contributed by atoms with van der Waals surface area (Å²) in [6.07, 6.45) is 2.45. The van der Waals surface area contributed by atoms with Gasteiger partial charge in [-0.2, -0.15) is 0 Å². The summed E-state index contributed by atoms with van der Waals surface area (Å²) in [6.45, 7) is 2.76. The van der Waals surface area contributed by atoms with Gasteiger partial charge < -0.3 is 0 Å². The lowest BCUT2D eigenvalue weighted by atomic mass is 10.1. The third-order valence-electron chi connectivity index (χ3n) is 2.32. The Labute approximate surface area is 93.9 Å². The third-order valence-corrected chi connectivity index (χ3v) is 2.32. The zero-order valence-electron chi connectivity index (χ0n) is 9.13. The van der Waals surface area contributed by atoms with Gasteiger partial charge in [-0.25, -0.2) is 4.68 Å². The average molecular weight is 215 g/mol. The Morgan fingerprint density at radius 2 is 2.06 bits per heavy atom. The number of aryl methyl sites for hydroxylation is 1. The second-order valence-electron chi connectivity index (χ2n) is 3.54. The van der Waals surface area contributed by atoms with Crippen LogP contribution in [0.25, 0.3) is 0 Å². The highest BCUT2D eigenvalue weighted by Crippen LogP contribution is 2.08. The summed E-state index contributed by atoms with van der Waals surface area (Å²) in [7, 11) is 0. The van der Waals surface area contributed by atoms with E-state index in [1.54, 1.807) is 16.8 Å². The molecule has 0 aliphatic carbocycles. The maximum Gasteiger partial charge on any atom is 0.212 e. The number of nitrogens with zero attached hydrogens (tertiary/aromatic N) is 3. The number of rotatable bonds is 4. The van der Waals surface area contributed by atoms with Crippen LogP contribution < -0.4 is 0 Å². The molecular weight excluding hydrogens is 202 g/mol. The van der Waals surface area contributed by atoms with Crippen LogP contribution in [-0.2, 0) is 6.54 Å². The first-order chi connectivity index (χ1) is 7.83. The molecule has 0 aliphatic heterocycles. The molecule has 1 aromatic heterocycles. The highest BCUT2D eigenvalue weighted by atomic mass is 16.1. The molecule has 16 heavy (non-hydrogen) atoms. The average Bonchev–Trinajstić information content (AvgIpc) is 2.78. The molecule has 0 atom stereocenters. The lowest BCUT2D eigenvalue weighted by Crippen LogP contribution is -2.11. The Balaban J connectivity index is 2.31. The van der Waals surface area contributed by atoms with E-state index in [9.17, 15) is 4.79 Å². The van der Waals surface area contributed by atoms with Crippen molar-refractivity contribution < 1.29 is 4.79 Å². The van der Waals surface area contributed by atoms with Crippen LogP contribution in [0.2, 0.25) is 0 Å². The molecule has 0 saturated heterocycles. The molecule has 1 aromatic carbocycles. The van der Waals surface area contributed by atoms with Crippen LogP contribution in [0.5, 0.6) is 0 Å². The Morgan fingerprint density at radius 3 is 2.75 bits per heavy atom. The normalized spacial score (nSPS) is 10.3. The van der Waals surface area contributed by atoms with Gasteiger partial charge in [0, 0.05) is 12.1 Å². The fourth-order valence-corrected chi connectivity index (χ4v) is 1.55. The molecule has 0 unspecified atom stereocenters. The van der Waals surface area contributed by atoms with E-state index in [0.717, 1.165) is 6.42 Å². The Morgan fingerprint density at radius 1 is 1.31 bits per heavy atom. The first-order valence-corrected chi connectivity index (χ1v) is 5.31. The molecule has 1 heterocycles. The second kappa shape index (κ2) is 4.70. The van der Waals surface area contributed by atoms with Crippen molar-refractivity contribution in [2.75, 3.05) is 0 Å². The van der Waals surface area contributed by atoms with Gasteiger partial charge in [-0.3, -0.25) is 4.79 Å². The van der Waals surface area contributed by atoms with Crippen LogP contribution in [0.15, 0.2) is 36.5 Å². The topological polar surface area (TPSA) is 47.8 Å². The van der Waals surface area contributed by atoms with E-state index in [0.29, 0.717) is 17.8 Å². The first-order valence-electron chi connectivity index (χ1n) is 5.31. The smallest absolute Gasteiger partial charge is 0.212 e. The van der Waals surface area contributed by atoms with E-state index in [2.05, 4.69) is 10.3 Å². The molecule has 0 saturated carbocycles. The van der Waals surface area contributed by atoms with Gasteiger partial charge in [0.15, 0.2) is 0 Å². The van der Waals surface area contributed by atoms with E-state index >= 15 is 0 Å². The van der Waals surface area contributed by atoms with Crippen molar-refractivity contribution in [2.24, 2.45) is 0 Å². The summed E-state index contributed by atoms with van der Waals surface area (Å²) in [6, 6.07) is 9.18. The number of aromatic nitrogens is 3. The van der Waals surface area contributed by atoms with Gasteiger partial charge in [-0.15, -0.1) is 5.10 Å². The van der Waals surface area contributed by atoms with Crippen LogP contribution in [0.4, 0.5) is 0 Å². The van der Waals surface area contributed by atoms with Gasteiger partial charge in [-0.05, 0) is 6.42 Å². The van der Waals surface area contributed by atoms with Crippen molar-refractivity contribution in [3.63, 3.8) is 0 Å². The first kappa shape index (κ1) is 10.5. The molecule has 2 aromatic rings. The minimum absolute atomic E-state index is 0.0287. The molecule has 0 N–H and O–H groups in total. The predicted octanol–water partition coefficient (Wildman–Crippen LogP) is 1.92. The van der Waals surface area contributed by atoms with Gasteiger partial charge in [0.1, 0.15) is 5.69 Å². The molecule has 82 valence electrons. The van der Waals surface area contributed by atoms with Crippen molar-refractivity contribution in [1.82, 2.24) is 15.0 Å². The summed E-state index contributed by atoms with van der Waals surface area (Å²) in [5.41, 5.74) is 1.22. The van der Waals surface area contributed by atoms with Crippen LogP contribution in [-0.4, -0.2) is 20.8 Å². The lowest BCUT2D eigenvalue weighted by Gasteiger charge is -2.03. The maximum absolute atomic E-state index is 12.1. The van der Waals surface area contributed by atoms with Crippen molar-refractivity contribution in [2.45, 2.75) is 19.9 Å². The number of carbonyl (C=O) groups is 1. The minimum atomic E-state index is -0.0287. The van der Waals surface area contributed by atoms with Gasteiger partial charge in [0.25, 0.3) is 0 Å². The second-order valence-corrected chi connectivity index (χ2v) is 3.54. The molecular formula is C12H13N3O. The van der Waals surface area contributed by atoms with E-state index in [1.807, 2.05) is 25.1 Å². The van der Waals surface area contributed by atoms with Crippen molar-refractivity contribution in [1.29, 1.82) is 0 Å². The summed E-state index contributed by atoms with van der Waals surface area (Å²) in [5.74, 6) is -0.0287. The fourth-order valence-electron chi connectivity index (χ4n) is 1.55. The lowest BCUT2D eigenvalue weighted by molar-refractivity contribution is 0.102. The van der Waals surface area contributed by atoms with Gasteiger partial charge >= 0.3 is 0 Å². The molecule has 4 heteroatoms. The number of carbonyl (C=O) groups excluding carboxylic acids is 1. The predicted molar refractivity (Wildman–Crippen MR) is 60.2 cm³/mol. The summed E-state index contributed by atoms with van der Waals surface area (Å²) >= 11 is 0. The fraction of sp³-hybridized carbons (Fsp3) is 0.250. The molecule has 0 amide bonds. The SMILES string of the molecule is CCCn1nncc1C(=O)c1ccccc1. The molecule has 0 fully saturated rings. The van der Waals surface area contributed by atoms with E-state index < -0.39 is 0 Å².